The number of nitrogens with zero attached hydrogens (tertiary/aromatic N) is 1. The van der Waals surface area contributed by atoms with Crippen LogP contribution in [0.4, 0.5) is 5.69 Å². The summed E-state index contributed by atoms with van der Waals surface area (Å²) in [7, 11) is 0. The van der Waals surface area contributed by atoms with E-state index in [2.05, 4.69) is 22.7 Å². The third kappa shape index (κ3) is 4.18. The van der Waals surface area contributed by atoms with Crippen LogP contribution in [0.15, 0.2) is 34.9 Å². The number of aryl methyl sites for hydroxylation is 1. The van der Waals surface area contributed by atoms with Gasteiger partial charge in [-0.3, -0.25) is 9.59 Å². The molecule has 0 saturated heterocycles. The summed E-state index contributed by atoms with van der Waals surface area (Å²) in [5, 5.41) is 9.19. The molecule has 1 aromatic carbocycles. The number of aromatic nitrogens is 1. The normalized spacial score (nSPS) is 10.3. The number of benzene rings is 1. The number of anilines is 1. The Morgan fingerprint density at radius 1 is 1.18 bits per heavy atom. The van der Waals surface area contributed by atoms with Crippen molar-refractivity contribution in [3.63, 3.8) is 0 Å². The molecule has 2 aromatic rings. The Bertz CT molecular complexity index is 647. The Labute approximate surface area is 128 Å². The summed E-state index contributed by atoms with van der Waals surface area (Å²) >= 11 is 0. The van der Waals surface area contributed by atoms with E-state index in [9.17, 15) is 9.59 Å². The number of rotatable bonds is 6. The molecule has 0 atom stereocenters. The van der Waals surface area contributed by atoms with Crippen LogP contribution in [0.3, 0.4) is 0 Å². The molecule has 116 valence electrons. The smallest absolute Gasteiger partial charge is 0.294 e. The summed E-state index contributed by atoms with van der Waals surface area (Å²) in [6.07, 6.45) is 1.99. The van der Waals surface area contributed by atoms with Crippen LogP contribution in [0.1, 0.15) is 46.4 Å². The van der Waals surface area contributed by atoms with Gasteiger partial charge < -0.3 is 15.2 Å². The van der Waals surface area contributed by atoms with E-state index in [-0.39, 0.29) is 17.6 Å². The predicted octanol–water partition coefficient (Wildman–Crippen LogP) is 2.77. The zero-order chi connectivity index (χ0) is 15.9. The fraction of sp³-hybridized carbons (Fsp3) is 0.312. The van der Waals surface area contributed by atoms with Crippen molar-refractivity contribution in [3.05, 3.63) is 47.3 Å². The largest absolute Gasteiger partial charge is 0.352 e. The average Bonchev–Trinajstić information content (AvgIpc) is 2.95. The molecule has 0 aliphatic carbocycles. The Hall–Kier alpha value is -2.63. The van der Waals surface area contributed by atoms with Crippen molar-refractivity contribution >= 4 is 17.5 Å². The van der Waals surface area contributed by atoms with Crippen molar-refractivity contribution in [2.24, 2.45) is 0 Å². The highest BCUT2D eigenvalue weighted by Gasteiger charge is 2.12. The molecule has 1 heterocycles. The van der Waals surface area contributed by atoms with Crippen molar-refractivity contribution in [1.29, 1.82) is 0 Å². The monoisotopic (exact) mass is 301 g/mol. The topological polar surface area (TPSA) is 84.2 Å². The predicted molar refractivity (Wildman–Crippen MR) is 82.9 cm³/mol. The molecule has 0 unspecified atom stereocenters. The summed E-state index contributed by atoms with van der Waals surface area (Å²) in [6.45, 7) is 4.48. The Kier molecular flexibility index (Phi) is 5.30. The fourth-order valence-corrected chi connectivity index (χ4v) is 1.85. The SMILES string of the molecule is CCCCNC(=O)c1ccc(NC(=O)c2cc(C)no2)cc1. The van der Waals surface area contributed by atoms with Gasteiger partial charge >= 0.3 is 0 Å². The molecule has 0 aliphatic heterocycles. The first kappa shape index (κ1) is 15.8. The lowest BCUT2D eigenvalue weighted by atomic mass is 10.2. The van der Waals surface area contributed by atoms with Gasteiger partial charge in [0.05, 0.1) is 5.69 Å². The molecule has 0 spiro atoms. The third-order valence-electron chi connectivity index (χ3n) is 3.07. The highest BCUT2D eigenvalue weighted by molar-refractivity contribution is 6.02. The minimum atomic E-state index is -0.374. The van der Waals surface area contributed by atoms with E-state index in [1.807, 2.05) is 0 Å². The number of hydrogen-bond donors (Lipinski definition) is 2. The molecule has 0 fully saturated rings. The Morgan fingerprint density at radius 2 is 1.91 bits per heavy atom. The molecule has 2 N–H and O–H groups in total. The van der Waals surface area contributed by atoms with E-state index in [4.69, 9.17) is 4.52 Å². The van der Waals surface area contributed by atoms with Crippen LogP contribution in [-0.2, 0) is 0 Å². The number of carbonyl (C=O) groups excluding carboxylic acids is 2. The van der Waals surface area contributed by atoms with Gasteiger partial charge in [-0.25, -0.2) is 0 Å². The number of nitrogens with one attached hydrogen (secondary N) is 2. The van der Waals surface area contributed by atoms with Crippen LogP contribution >= 0.6 is 0 Å². The van der Waals surface area contributed by atoms with Crippen molar-refractivity contribution in [2.75, 3.05) is 11.9 Å². The van der Waals surface area contributed by atoms with Crippen LogP contribution in [0.2, 0.25) is 0 Å². The van der Waals surface area contributed by atoms with E-state index in [1.165, 1.54) is 0 Å². The van der Waals surface area contributed by atoms with E-state index in [0.717, 1.165) is 12.8 Å². The van der Waals surface area contributed by atoms with Gasteiger partial charge in [0, 0.05) is 23.9 Å². The van der Waals surface area contributed by atoms with Gasteiger partial charge in [-0.1, -0.05) is 18.5 Å². The molecule has 1 aromatic heterocycles. The van der Waals surface area contributed by atoms with Crippen LogP contribution in [0.25, 0.3) is 0 Å². The first-order valence-electron chi connectivity index (χ1n) is 7.23. The second-order valence-electron chi connectivity index (χ2n) is 4.97. The third-order valence-corrected chi connectivity index (χ3v) is 3.07. The van der Waals surface area contributed by atoms with Crippen LogP contribution in [0.5, 0.6) is 0 Å². The molecule has 0 radical (unpaired) electrons. The van der Waals surface area contributed by atoms with Gasteiger partial charge in [-0.2, -0.15) is 0 Å². The van der Waals surface area contributed by atoms with E-state index in [0.29, 0.717) is 23.5 Å². The lowest BCUT2D eigenvalue weighted by Gasteiger charge is -2.06. The van der Waals surface area contributed by atoms with E-state index in [1.54, 1.807) is 37.3 Å². The lowest BCUT2D eigenvalue weighted by molar-refractivity contribution is 0.0952. The molecular weight excluding hydrogens is 282 g/mol. The highest BCUT2D eigenvalue weighted by atomic mass is 16.5. The van der Waals surface area contributed by atoms with Crippen molar-refractivity contribution < 1.29 is 14.1 Å². The van der Waals surface area contributed by atoms with Crippen molar-refractivity contribution in [3.8, 4) is 0 Å². The van der Waals surface area contributed by atoms with Crippen molar-refractivity contribution in [1.82, 2.24) is 10.5 Å². The minimum Gasteiger partial charge on any atom is -0.352 e. The molecular formula is C16H19N3O3. The first-order chi connectivity index (χ1) is 10.6. The van der Waals surface area contributed by atoms with Gasteiger partial charge in [0.2, 0.25) is 5.76 Å². The first-order valence-corrected chi connectivity index (χ1v) is 7.23. The maximum Gasteiger partial charge on any atom is 0.294 e. The van der Waals surface area contributed by atoms with E-state index >= 15 is 0 Å². The number of hydrogen-bond acceptors (Lipinski definition) is 4. The van der Waals surface area contributed by atoms with Gasteiger partial charge in [0.25, 0.3) is 11.8 Å². The summed E-state index contributed by atoms with van der Waals surface area (Å²) in [5.41, 5.74) is 1.79. The maximum atomic E-state index is 11.9. The maximum absolute atomic E-state index is 11.9. The molecule has 6 heteroatoms. The van der Waals surface area contributed by atoms with Crippen LogP contribution in [-0.4, -0.2) is 23.5 Å². The zero-order valence-corrected chi connectivity index (χ0v) is 12.7. The molecule has 0 aliphatic rings. The molecule has 0 saturated carbocycles. The van der Waals surface area contributed by atoms with Crippen LogP contribution < -0.4 is 10.6 Å². The Morgan fingerprint density at radius 3 is 2.50 bits per heavy atom. The standard InChI is InChI=1S/C16H19N3O3/c1-3-4-9-17-15(20)12-5-7-13(8-6-12)18-16(21)14-10-11(2)19-22-14/h5-8,10H,3-4,9H2,1-2H3,(H,17,20)(H,18,21). The Balaban J connectivity index is 1.94. The van der Waals surface area contributed by atoms with Gasteiger partial charge in [-0.15, -0.1) is 0 Å². The summed E-state index contributed by atoms with van der Waals surface area (Å²) in [4.78, 5) is 23.8. The molecule has 2 amide bonds. The number of carbonyl (C=O) groups is 2. The lowest BCUT2D eigenvalue weighted by Crippen LogP contribution is -2.24. The summed E-state index contributed by atoms with van der Waals surface area (Å²) in [6, 6.07) is 8.25. The molecule has 2 rings (SSSR count). The average molecular weight is 301 g/mol. The molecule has 22 heavy (non-hydrogen) atoms. The second-order valence-corrected chi connectivity index (χ2v) is 4.97. The second kappa shape index (κ2) is 7.40. The fourth-order valence-electron chi connectivity index (χ4n) is 1.85. The van der Waals surface area contributed by atoms with E-state index < -0.39 is 0 Å². The zero-order valence-electron chi connectivity index (χ0n) is 12.7. The summed E-state index contributed by atoms with van der Waals surface area (Å²) < 4.78 is 4.89. The van der Waals surface area contributed by atoms with Gasteiger partial charge in [0.1, 0.15) is 0 Å². The van der Waals surface area contributed by atoms with Gasteiger partial charge in [-0.05, 0) is 37.6 Å². The molecule has 6 nitrogen and oxygen atoms in total. The van der Waals surface area contributed by atoms with Crippen molar-refractivity contribution in [2.45, 2.75) is 26.7 Å². The highest BCUT2D eigenvalue weighted by Crippen LogP contribution is 2.12. The quantitative estimate of drug-likeness (QED) is 0.803. The molecule has 0 bridgehead atoms. The number of unbranched alkanes of at least 4 members (excludes halogenated alkanes) is 1. The van der Waals surface area contributed by atoms with Crippen LogP contribution in [0, 0.1) is 6.92 Å². The number of amides is 2. The minimum absolute atomic E-state index is 0.114. The van der Waals surface area contributed by atoms with Gasteiger partial charge in [0.15, 0.2) is 0 Å². The summed E-state index contributed by atoms with van der Waals surface area (Å²) in [5.74, 6) is -0.336.